The first-order valence-electron chi connectivity index (χ1n) is 10.2. The summed E-state index contributed by atoms with van der Waals surface area (Å²) in [5.41, 5.74) is 0. The van der Waals surface area contributed by atoms with Gasteiger partial charge >= 0.3 is 5.97 Å². The Balaban J connectivity index is 3.46. The van der Waals surface area contributed by atoms with Gasteiger partial charge in [-0.3, -0.25) is 4.79 Å². The zero-order valence-electron chi connectivity index (χ0n) is 16.8. The first-order chi connectivity index (χ1) is 11.6. The third-order valence-electron chi connectivity index (χ3n) is 5.20. The van der Waals surface area contributed by atoms with E-state index < -0.39 is 0 Å². The molecule has 0 rings (SSSR count). The molecule has 0 aliphatic carbocycles. The topological polar surface area (TPSA) is 35.5 Å². The molecule has 0 atom stereocenters. The van der Waals surface area contributed by atoms with Crippen LogP contribution in [0.5, 0.6) is 0 Å². The number of esters is 1. The second-order valence-electron chi connectivity index (χ2n) is 6.72. The SMILES string of the molecule is CCCCCCCCCC(=O)OCCOCC[N+](CC)(CC)CC. The van der Waals surface area contributed by atoms with Gasteiger partial charge in [0.2, 0.25) is 0 Å². The summed E-state index contributed by atoms with van der Waals surface area (Å²) >= 11 is 0. The van der Waals surface area contributed by atoms with Gasteiger partial charge in [-0.2, -0.15) is 0 Å². The van der Waals surface area contributed by atoms with Crippen molar-refractivity contribution in [3.8, 4) is 0 Å². The van der Waals surface area contributed by atoms with Crippen LogP contribution in [0.3, 0.4) is 0 Å². The van der Waals surface area contributed by atoms with E-state index in [-0.39, 0.29) is 5.97 Å². The van der Waals surface area contributed by atoms with Crippen LogP contribution in [0.1, 0.15) is 79.1 Å². The molecule has 0 saturated heterocycles. The van der Waals surface area contributed by atoms with Crippen LogP contribution in [0.2, 0.25) is 0 Å². The minimum atomic E-state index is -0.0760. The van der Waals surface area contributed by atoms with Gasteiger partial charge in [-0.25, -0.2) is 0 Å². The van der Waals surface area contributed by atoms with E-state index in [9.17, 15) is 4.79 Å². The molecule has 0 unspecified atom stereocenters. The Hall–Kier alpha value is -0.610. The van der Waals surface area contributed by atoms with E-state index in [1.54, 1.807) is 0 Å². The minimum absolute atomic E-state index is 0.0760. The Morgan fingerprint density at radius 3 is 1.92 bits per heavy atom. The number of carbonyl (C=O) groups excluding carboxylic acids is 1. The Labute approximate surface area is 150 Å². The van der Waals surface area contributed by atoms with Crippen LogP contribution in [0.15, 0.2) is 0 Å². The van der Waals surface area contributed by atoms with Crippen LogP contribution in [0.4, 0.5) is 0 Å². The fourth-order valence-corrected chi connectivity index (χ4v) is 3.02. The molecule has 0 fully saturated rings. The fourth-order valence-electron chi connectivity index (χ4n) is 3.02. The predicted molar refractivity (Wildman–Crippen MR) is 101 cm³/mol. The molecule has 0 radical (unpaired) electrons. The molecule has 0 aromatic carbocycles. The van der Waals surface area contributed by atoms with Crippen molar-refractivity contribution >= 4 is 5.97 Å². The van der Waals surface area contributed by atoms with Crippen molar-refractivity contribution in [2.45, 2.75) is 79.1 Å². The lowest BCUT2D eigenvalue weighted by atomic mass is 10.1. The van der Waals surface area contributed by atoms with Gasteiger partial charge in [0.05, 0.1) is 32.8 Å². The molecule has 144 valence electrons. The number of unbranched alkanes of at least 4 members (excludes halogenated alkanes) is 6. The van der Waals surface area contributed by atoms with E-state index in [1.807, 2.05) is 0 Å². The van der Waals surface area contributed by atoms with Crippen LogP contribution < -0.4 is 0 Å². The Bertz CT molecular complexity index is 282. The van der Waals surface area contributed by atoms with E-state index in [4.69, 9.17) is 9.47 Å². The molecule has 0 N–H and O–H groups in total. The van der Waals surface area contributed by atoms with Crippen LogP contribution in [-0.4, -0.2) is 56.5 Å². The van der Waals surface area contributed by atoms with Gasteiger partial charge in [0.1, 0.15) is 13.2 Å². The summed E-state index contributed by atoms with van der Waals surface area (Å²) < 4.78 is 12.0. The average Bonchev–Trinajstić information content (AvgIpc) is 2.61. The normalized spacial score (nSPS) is 11.7. The van der Waals surface area contributed by atoms with Crippen molar-refractivity contribution in [1.82, 2.24) is 0 Å². The lowest BCUT2D eigenvalue weighted by Gasteiger charge is -2.35. The van der Waals surface area contributed by atoms with Crippen LogP contribution in [-0.2, 0) is 14.3 Å². The zero-order chi connectivity index (χ0) is 18.1. The van der Waals surface area contributed by atoms with Crippen LogP contribution in [0.25, 0.3) is 0 Å². The second kappa shape index (κ2) is 15.9. The number of nitrogens with zero attached hydrogens (tertiary/aromatic N) is 1. The third kappa shape index (κ3) is 11.9. The Morgan fingerprint density at radius 2 is 1.33 bits per heavy atom. The highest BCUT2D eigenvalue weighted by molar-refractivity contribution is 5.69. The number of quaternary nitrogens is 1. The highest BCUT2D eigenvalue weighted by Crippen LogP contribution is 2.09. The maximum absolute atomic E-state index is 11.6. The standard InChI is InChI=1S/C20H42NO3/c1-5-9-10-11-12-13-14-15-20(22)24-19-18-23-17-16-21(6-2,7-3)8-4/h5-19H2,1-4H3/q+1. The van der Waals surface area contributed by atoms with Crippen molar-refractivity contribution in [3.63, 3.8) is 0 Å². The largest absolute Gasteiger partial charge is 0.463 e. The molecule has 4 nitrogen and oxygen atoms in total. The summed E-state index contributed by atoms with van der Waals surface area (Å²) in [5.74, 6) is -0.0760. The van der Waals surface area contributed by atoms with E-state index in [1.165, 1.54) is 32.1 Å². The summed E-state index contributed by atoms with van der Waals surface area (Å²) in [7, 11) is 0. The monoisotopic (exact) mass is 344 g/mol. The predicted octanol–water partition coefficient (Wildman–Crippen LogP) is 4.56. The van der Waals surface area contributed by atoms with Gasteiger partial charge < -0.3 is 14.0 Å². The van der Waals surface area contributed by atoms with Gasteiger partial charge in [-0.1, -0.05) is 45.4 Å². The van der Waals surface area contributed by atoms with E-state index in [0.29, 0.717) is 19.6 Å². The van der Waals surface area contributed by atoms with Gasteiger partial charge in [-0.05, 0) is 27.2 Å². The molecule has 4 heteroatoms. The van der Waals surface area contributed by atoms with Crippen molar-refractivity contribution in [3.05, 3.63) is 0 Å². The van der Waals surface area contributed by atoms with Crippen molar-refractivity contribution in [2.75, 3.05) is 46.0 Å². The molecule has 0 amide bonds. The molecule has 0 aliphatic heterocycles. The molecule has 0 aliphatic rings. The van der Waals surface area contributed by atoms with Crippen molar-refractivity contribution in [2.24, 2.45) is 0 Å². The molecular formula is C20H42NO3+. The molecule has 0 aromatic heterocycles. The van der Waals surface area contributed by atoms with Crippen LogP contribution in [0, 0.1) is 0 Å². The first kappa shape index (κ1) is 23.4. The van der Waals surface area contributed by atoms with E-state index in [0.717, 1.165) is 50.1 Å². The maximum Gasteiger partial charge on any atom is 0.305 e. The quantitative estimate of drug-likeness (QED) is 0.220. The van der Waals surface area contributed by atoms with Gasteiger partial charge in [0.25, 0.3) is 0 Å². The highest BCUT2D eigenvalue weighted by Gasteiger charge is 2.19. The minimum Gasteiger partial charge on any atom is -0.463 e. The summed E-state index contributed by atoms with van der Waals surface area (Å²) in [6, 6.07) is 0. The van der Waals surface area contributed by atoms with Crippen LogP contribution >= 0.6 is 0 Å². The lowest BCUT2D eigenvalue weighted by Crippen LogP contribution is -2.49. The van der Waals surface area contributed by atoms with Crippen molar-refractivity contribution < 1.29 is 18.8 Å². The smallest absolute Gasteiger partial charge is 0.305 e. The zero-order valence-corrected chi connectivity index (χ0v) is 16.8. The lowest BCUT2D eigenvalue weighted by molar-refractivity contribution is -0.923. The highest BCUT2D eigenvalue weighted by atomic mass is 16.6. The van der Waals surface area contributed by atoms with Gasteiger partial charge in [0.15, 0.2) is 0 Å². The molecule has 24 heavy (non-hydrogen) atoms. The Kier molecular flexibility index (Phi) is 15.5. The number of hydrogen-bond donors (Lipinski definition) is 0. The van der Waals surface area contributed by atoms with E-state index >= 15 is 0 Å². The van der Waals surface area contributed by atoms with Gasteiger partial charge in [0, 0.05) is 6.42 Å². The number of carbonyl (C=O) groups is 1. The van der Waals surface area contributed by atoms with E-state index in [2.05, 4.69) is 27.7 Å². The second-order valence-corrected chi connectivity index (χ2v) is 6.72. The summed E-state index contributed by atoms with van der Waals surface area (Å²) in [4.78, 5) is 11.6. The summed E-state index contributed by atoms with van der Waals surface area (Å²) in [5, 5.41) is 0. The summed E-state index contributed by atoms with van der Waals surface area (Å²) in [6.07, 6.45) is 9.12. The molecular weight excluding hydrogens is 302 g/mol. The molecule has 0 aromatic rings. The number of hydrogen-bond acceptors (Lipinski definition) is 3. The van der Waals surface area contributed by atoms with Gasteiger partial charge in [-0.15, -0.1) is 0 Å². The number of rotatable bonds is 17. The molecule has 0 spiro atoms. The molecule has 0 heterocycles. The fraction of sp³-hybridized carbons (Fsp3) is 0.950. The first-order valence-corrected chi connectivity index (χ1v) is 10.2. The van der Waals surface area contributed by atoms with Crippen molar-refractivity contribution in [1.29, 1.82) is 0 Å². The number of ether oxygens (including phenoxy) is 2. The maximum atomic E-state index is 11.6. The molecule has 0 saturated carbocycles. The average molecular weight is 345 g/mol. The third-order valence-corrected chi connectivity index (χ3v) is 5.20. The molecule has 0 bridgehead atoms. The number of likely N-dealkylation sites (N-methyl/N-ethyl adjacent to an activating group) is 1. The Morgan fingerprint density at radius 1 is 0.750 bits per heavy atom. The summed E-state index contributed by atoms with van der Waals surface area (Å²) in [6.45, 7) is 15.0.